The van der Waals surface area contributed by atoms with Crippen molar-refractivity contribution >= 4 is 15.9 Å². The van der Waals surface area contributed by atoms with Crippen molar-refractivity contribution in [2.75, 3.05) is 19.8 Å². The summed E-state index contributed by atoms with van der Waals surface area (Å²) in [5.74, 6) is 1.60. The minimum absolute atomic E-state index is 0.149. The van der Waals surface area contributed by atoms with Crippen molar-refractivity contribution in [1.82, 2.24) is 0 Å². The first kappa shape index (κ1) is 11.4. The Balaban J connectivity index is 1.91. The van der Waals surface area contributed by atoms with Crippen LogP contribution in [0.3, 0.4) is 0 Å². The van der Waals surface area contributed by atoms with E-state index in [1.807, 2.05) is 12.1 Å². The summed E-state index contributed by atoms with van der Waals surface area (Å²) in [4.78, 5) is 0. The molecule has 1 aliphatic carbocycles. The lowest BCUT2D eigenvalue weighted by Crippen LogP contribution is -2.17. The highest BCUT2D eigenvalue weighted by molar-refractivity contribution is 9.10. The van der Waals surface area contributed by atoms with Crippen molar-refractivity contribution in [2.45, 2.75) is 19.3 Å². The standard InChI is InChI=1S/C13H15BrO3/c14-10-5-9(1-4-15)6-11-12(10)17-8-13(2-3-13)7-16-11/h5-6,15H,1-4,7-8H2. The molecule has 3 rings (SSSR count). The molecular formula is C13H15BrO3. The van der Waals surface area contributed by atoms with Crippen LogP contribution in [0, 0.1) is 5.41 Å². The lowest BCUT2D eigenvalue weighted by atomic mass is 10.1. The molecule has 0 amide bonds. The van der Waals surface area contributed by atoms with Crippen LogP contribution in [0.5, 0.6) is 11.5 Å². The van der Waals surface area contributed by atoms with E-state index in [2.05, 4.69) is 15.9 Å². The molecule has 1 aliphatic heterocycles. The molecule has 1 N–H and O–H groups in total. The van der Waals surface area contributed by atoms with Crippen molar-refractivity contribution in [1.29, 1.82) is 0 Å². The molecule has 0 saturated heterocycles. The zero-order chi connectivity index (χ0) is 11.9. The number of aliphatic hydroxyl groups is 1. The maximum absolute atomic E-state index is 8.98. The molecule has 1 fully saturated rings. The summed E-state index contributed by atoms with van der Waals surface area (Å²) in [7, 11) is 0. The van der Waals surface area contributed by atoms with Crippen LogP contribution in [0.25, 0.3) is 0 Å². The number of hydrogen-bond donors (Lipinski definition) is 1. The van der Waals surface area contributed by atoms with E-state index in [-0.39, 0.29) is 12.0 Å². The molecule has 92 valence electrons. The Hall–Kier alpha value is -0.740. The third-order valence-corrected chi connectivity index (χ3v) is 4.07. The molecule has 17 heavy (non-hydrogen) atoms. The van der Waals surface area contributed by atoms with E-state index in [4.69, 9.17) is 14.6 Å². The smallest absolute Gasteiger partial charge is 0.175 e. The van der Waals surface area contributed by atoms with Crippen molar-refractivity contribution < 1.29 is 14.6 Å². The van der Waals surface area contributed by atoms with Gasteiger partial charge in [0.25, 0.3) is 0 Å². The van der Waals surface area contributed by atoms with Gasteiger partial charge in [0.05, 0.1) is 17.7 Å². The topological polar surface area (TPSA) is 38.7 Å². The molecule has 1 spiro atoms. The number of aliphatic hydroxyl groups excluding tert-OH is 1. The Morgan fingerprint density at radius 3 is 2.71 bits per heavy atom. The first-order valence-electron chi connectivity index (χ1n) is 5.91. The van der Waals surface area contributed by atoms with Gasteiger partial charge in [0.15, 0.2) is 11.5 Å². The Labute approximate surface area is 109 Å². The number of benzene rings is 1. The lowest BCUT2D eigenvalue weighted by molar-refractivity contribution is 0.196. The first-order valence-corrected chi connectivity index (χ1v) is 6.71. The number of ether oxygens (including phenoxy) is 2. The van der Waals surface area contributed by atoms with E-state index in [1.165, 1.54) is 12.8 Å². The van der Waals surface area contributed by atoms with Gasteiger partial charge in [-0.3, -0.25) is 0 Å². The predicted octanol–water partition coefficient (Wildman–Crippen LogP) is 2.54. The van der Waals surface area contributed by atoms with Crippen molar-refractivity contribution in [2.24, 2.45) is 5.41 Å². The van der Waals surface area contributed by atoms with Gasteiger partial charge in [0.2, 0.25) is 0 Å². The third-order valence-electron chi connectivity index (χ3n) is 3.48. The first-order chi connectivity index (χ1) is 8.22. The Bertz CT molecular complexity index is 441. The second kappa shape index (κ2) is 4.18. The van der Waals surface area contributed by atoms with Crippen LogP contribution >= 0.6 is 15.9 Å². The molecule has 0 atom stereocenters. The number of fused-ring (bicyclic) bond motifs is 1. The van der Waals surface area contributed by atoms with E-state index in [1.54, 1.807) is 0 Å². The van der Waals surface area contributed by atoms with Crippen LogP contribution in [0.1, 0.15) is 18.4 Å². The SMILES string of the molecule is OCCc1cc(Br)c2c(c1)OCC1(CC1)CO2. The molecule has 1 heterocycles. The van der Waals surface area contributed by atoms with Gasteiger partial charge in [0, 0.05) is 12.0 Å². The lowest BCUT2D eigenvalue weighted by Gasteiger charge is -2.11. The minimum atomic E-state index is 0.149. The molecule has 0 unspecified atom stereocenters. The quantitative estimate of drug-likeness (QED) is 0.912. The average Bonchev–Trinajstić information content (AvgIpc) is 3.08. The van der Waals surface area contributed by atoms with Crippen molar-refractivity contribution in [3.63, 3.8) is 0 Å². The van der Waals surface area contributed by atoms with E-state index in [0.29, 0.717) is 6.42 Å². The summed E-state index contributed by atoms with van der Waals surface area (Å²) >= 11 is 3.51. The monoisotopic (exact) mass is 298 g/mol. The summed E-state index contributed by atoms with van der Waals surface area (Å²) in [6.07, 6.45) is 3.03. The predicted molar refractivity (Wildman–Crippen MR) is 67.6 cm³/mol. The summed E-state index contributed by atoms with van der Waals surface area (Å²) in [5, 5.41) is 8.98. The molecule has 1 aromatic carbocycles. The molecule has 3 nitrogen and oxygen atoms in total. The summed E-state index contributed by atoms with van der Waals surface area (Å²) in [5.41, 5.74) is 1.32. The van der Waals surface area contributed by atoms with Crippen LogP contribution < -0.4 is 9.47 Å². The van der Waals surface area contributed by atoms with E-state index in [0.717, 1.165) is 34.7 Å². The van der Waals surface area contributed by atoms with Gasteiger partial charge in [-0.05, 0) is 52.9 Å². The van der Waals surface area contributed by atoms with Crippen LogP contribution in [0.15, 0.2) is 16.6 Å². The highest BCUT2D eigenvalue weighted by Gasteiger charge is 2.46. The number of halogens is 1. The van der Waals surface area contributed by atoms with Crippen LogP contribution in [-0.2, 0) is 6.42 Å². The second-order valence-electron chi connectivity index (χ2n) is 4.96. The zero-order valence-electron chi connectivity index (χ0n) is 9.54. The maximum Gasteiger partial charge on any atom is 0.175 e. The van der Waals surface area contributed by atoms with Crippen LogP contribution in [0.2, 0.25) is 0 Å². The number of hydrogen-bond acceptors (Lipinski definition) is 3. The molecule has 0 bridgehead atoms. The molecular weight excluding hydrogens is 284 g/mol. The van der Waals surface area contributed by atoms with Gasteiger partial charge >= 0.3 is 0 Å². The molecule has 0 radical (unpaired) electrons. The van der Waals surface area contributed by atoms with Crippen molar-refractivity contribution in [3.05, 3.63) is 22.2 Å². The summed E-state index contributed by atoms with van der Waals surface area (Å²) in [6, 6.07) is 3.96. The van der Waals surface area contributed by atoms with Gasteiger partial charge in [-0.15, -0.1) is 0 Å². The van der Waals surface area contributed by atoms with E-state index in [9.17, 15) is 0 Å². The third kappa shape index (κ3) is 2.16. The zero-order valence-corrected chi connectivity index (χ0v) is 11.1. The van der Waals surface area contributed by atoms with Gasteiger partial charge in [-0.2, -0.15) is 0 Å². The van der Waals surface area contributed by atoms with E-state index >= 15 is 0 Å². The summed E-state index contributed by atoms with van der Waals surface area (Å²) < 4.78 is 12.6. The molecule has 4 heteroatoms. The van der Waals surface area contributed by atoms with E-state index < -0.39 is 0 Å². The van der Waals surface area contributed by atoms with Gasteiger partial charge in [-0.25, -0.2) is 0 Å². The fraction of sp³-hybridized carbons (Fsp3) is 0.538. The minimum Gasteiger partial charge on any atom is -0.489 e. The molecule has 1 saturated carbocycles. The number of rotatable bonds is 2. The highest BCUT2D eigenvalue weighted by Crippen LogP contribution is 2.50. The Morgan fingerprint density at radius 2 is 2.00 bits per heavy atom. The maximum atomic E-state index is 8.98. The Kier molecular flexibility index (Phi) is 2.79. The summed E-state index contributed by atoms with van der Waals surface area (Å²) in [6.45, 7) is 1.64. The van der Waals surface area contributed by atoms with Crippen molar-refractivity contribution in [3.8, 4) is 11.5 Å². The molecule has 1 aromatic rings. The van der Waals surface area contributed by atoms with Gasteiger partial charge in [0.1, 0.15) is 0 Å². The molecule has 0 aromatic heterocycles. The largest absolute Gasteiger partial charge is 0.489 e. The normalized spacial score (nSPS) is 20.1. The average molecular weight is 299 g/mol. The second-order valence-corrected chi connectivity index (χ2v) is 5.81. The fourth-order valence-corrected chi connectivity index (χ4v) is 2.71. The van der Waals surface area contributed by atoms with Crippen LogP contribution in [0.4, 0.5) is 0 Å². The fourth-order valence-electron chi connectivity index (χ4n) is 2.11. The van der Waals surface area contributed by atoms with Gasteiger partial charge < -0.3 is 14.6 Å². The Morgan fingerprint density at radius 1 is 1.24 bits per heavy atom. The van der Waals surface area contributed by atoms with Gasteiger partial charge in [-0.1, -0.05) is 0 Å². The van der Waals surface area contributed by atoms with Crippen LogP contribution in [-0.4, -0.2) is 24.9 Å². The molecule has 2 aliphatic rings. The highest BCUT2D eigenvalue weighted by atomic mass is 79.9.